The van der Waals surface area contributed by atoms with Crippen LogP contribution in [0.25, 0.3) is 0 Å². The van der Waals surface area contributed by atoms with Crippen LogP contribution in [-0.4, -0.2) is 22.9 Å². The molecule has 1 aromatic rings. The monoisotopic (exact) mass is 295 g/mol. The van der Waals surface area contributed by atoms with Gasteiger partial charge in [0.1, 0.15) is 0 Å². The van der Waals surface area contributed by atoms with Crippen molar-refractivity contribution in [1.82, 2.24) is 0 Å². The molecule has 0 amide bonds. The third kappa shape index (κ3) is 3.32. The van der Waals surface area contributed by atoms with E-state index in [4.69, 9.17) is 0 Å². The first-order valence-corrected chi connectivity index (χ1v) is 5.25. The van der Waals surface area contributed by atoms with Gasteiger partial charge in [0.15, 0.2) is 5.69 Å². The molecule has 0 radical (unpaired) electrons. The predicted octanol–water partition coefficient (Wildman–Crippen LogP) is 1.18. The van der Waals surface area contributed by atoms with Gasteiger partial charge in [-0.1, -0.05) is 0 Å². The smallest absolute Gasteiger partial charge is 0.368 e. The molecule has 0 aliphatic carbocycles. The van der Waals surface area contributed by atoms with Crippen molar-refractivity contribution >= 4 is 17.1 Å². The van der Waals surface area contributed by atoms with Crippen molar-refractivity contribution in [1.29, 1.82) is 0 Å². The second kappa shape index (κ2) is 5.69. The third-order valence-electron chi connectivity index (χ3n) is 2.30. The van der Waals surface area contributed by atoms with Gasteiger partial charge in [-0.15, -0.1) is 0 Å². The Kier molecular flexibility index (Phi) is 4.45. The Morgan fingerprint density at radius 2 is 1.60 bits per heavy atom. The lowest BCUT2D eigenvalue weighted by Crippen LogP contribution is -2.53. The second-order valence-electron chi connectivity index (χ2n) is 3.68. The molecule has 1 rings (SSSR count). The molecule has 0 spiro atoms. The minimum atomic E-state index is -4.92. The van der Waals surface area contributed by atoms with Crippen molar-refractivity contribution in [2.45, 2.75) is 6.18 Å². The zero-order chi connectivity index (χ0) is 15.5. The van der Waals surface area contributed by atoms with E-state index in [0.29, 0.717) is 0 Å². The van der Waals surface area contributed by atoms with Gasteiger partial charge in [0.25, 0.3) is 11.4 Å². The molecule has 0 atom stereocenters. The summed E-state index contributed by atoms with van der Waals surface area (Å²) in [4.78, 5) is 19.4. The largest absolute Gasteiger partial charge is 0.416 e. The highest BCUT2D eigenvalue weighted by Crippen LogP contribution is 2.40. The first kappa shape index (κ1) is 15.6. The van der Waals surface area contributed by atoms with Gasteiger partial charge in [0.05, 0.1) is 28.5 Å². The number of benzene rings is 1. The first-order chi connectivity index (χ1) is 9.18. The van der Waals surface area contributed by atoms with Crippen LogP contribution in [0.15, 0.2) is 12.1 Å². The molecule has 4 N–H and O–H groups in total. The van der Waals surface area contributed by atoms with Gasteiger partial charge in [-0.3, -0.25) is 20.2 Å². The highest BCUT2D eigenvalue weighted by atomic mass is 19.4. The Balaban J connectivity index is 3.55. The van der Waals surface area contributed by atoms with Gasteiger partial charge < -0.3 is 11.1 Å². The van der Waals surface area contributed by atoms with E-state index in [9.17, 15) is 33.4 Å². The maximum Gasteiger partial charge on any atom is 0.416 e. The molecular weight excluding hydrogens is 285 g/mol. The van der Waals surface area contributed by atoms with E-state index in [1.165, 1.54) is 0 Å². The van der Waals surface area contributed by atoms with Crippen LogP contribution in [0.4, 0.5) is 30.2 Å². The quantitative estimate of drug-likeness (QED) is 0.623. The Hall–Kier alpha value is -2.43. The predicted molar refractivity (Wildman–Crippen MR) is 61.0 cm³/mol. The van der Waals surface area contributed by atoms with Crippen molar-refractivity contribution < 1.29 is 28.8 Å². The number of hydrogen-bond donors (Lipinski definition) is 2. The van der Waals surface area contributed by atoms with Crippen LogP contribution in [0.1, 0.15) is 5.56 Å². The van der Waals surface area contributed by atoms with E-state index in [1.54, 1.807) is 0 Å². The minimum absolute atomic E-state index is 0.0487. The fourth-order valence-electron chi connectivity index (χ4n) is 1.46. The van der Waals surface area contributed by atoms with Gasteiger partial charge >= 0.3 is 6.18 Å². The summed E-state index contributed by atoms with van der Waals surface area (Å²) < 4.78 is 37.7. The van der Waals surface area contributed by atoms with E-state index in [1.807, 2.05) is 0 Å². The van der Waals surface area contributed by atoms with Crippen LogP contribution in [-0.2, 0) is 6.18 Å². The number of quaternary nitrogens is 1. The summed E-state index contributed by atoms with van der Waals surface area (Å²) in [7, 11) is 0. The molecule has 0 heterocycles. The van der Waals surface area contributed by atoms with Gasteiger partial charge in [-0.25, -0.2) is 0 Å². The van der Waals surface area contributed by atoms with E-state index in [2.05, 4.69) is 11.1 Å². The molecule has 0 saturated heterocycles. The van der Waals surface area contributed by atoms with Crippen LogP contribution < -0.4 is 11.1 Å². The fourth-order valence-corrected chi connectivity index (χ4v) is 1.46. The lowest BCUT2D eigenvalue weighted by Gasteiger charge is -2.10. The average molecular weight is 295 g/mol. The molecule has 0 fully saturated rings. The number of rotatable bonds is 5. The Bertz CT molecular complexity index is 511. The molecule has 0 aromatic heterocycles. The number of nitrogens with one attached hydrogen (secondary N) is 1. The highest BCUT2D eigenvalue weighted by molar-refractivity contribution is 5.75. The lowest BCUT2D eigenvalue weighted by molar-refractivity contribution is -0.392. The summed E-state index contributed by atoms with van der Waals surface area (Å²) in [6.45, 7) is 0.294. The van der Waals surface area contributed by atoms with E-state index in [0.717, 1.165) is 0 Å². The summed E-state index contributed by atoms with van der Waals surface area (Å²) in [6, 6.07) is 0.525. The maximum absolute atomic E-state index is 12.6. The number of halogens is 3. The van der Waals surface area contributed by atoms with Gasteiger partial charge in [-0.2, -0.15) is 13.2 Å². The fraction of sp³-hybridized carbons (Fsp3) is 0.333. The summed E-state index contributed by atoms with van der Waals surface area (Å²) in [5.74, 6) is 0. The number of nitro groups is 2. The summed E-state index contributed by atoms with van der Waals surface area (Å²) in [5, 5.41) is 24.0. The van der Waals surface area contributed by atoms with Gasteiger partial charge in [0, 0.05) is 12.1 Å². The first-order valence-electron chi connectivity index (χ1n) is 5.25. The maximum atomic E-state index is 12.6. The van der Waals surface area contributed by atoms with Crippen LogP contribution >= 0.6 is 0 Å². The molecule has 11 heteroatoms. The molecule has 20 heavy (non-hydrogen) atoms. The molecule has 0 aliphatic heterocycles. The average Bonchev–Trinajstić information content (AvgIpc) is 2.33. The summed E-state index contributed by atoms with van der Waals surface area (Å²) in [6.07, 6.45) is -4.92. The zero-order valence-electron chi connectivity index (χ0n) is 9.94. The Morgan fingerprint density at radius 1 is 1.15 bits per heavy atom. The minimum Gasteiger partial charge on any atom is -0.368 e. The van der Waals surface area contributed by atoms with Gasteiger partial charge in [-0.05, 0) is 0 Å². The number of anilines is 1. The summed E-state index contributed by atoms with van der Waals surface area (Å²) in [5.41, 5.74) is -0.582. The van der Waals surface area contributed by atoms with Crippen molar-refractivity contribution in [2.24, 2.45) is 0 Å². The van der Waals surface area contributed by atoms with Crippen molar-refractivity contribution in [3.05, 3.63) is 37.9 Å². The third-order valence-corrected chi connectivity index (χ3v) is 2.30. The molecule has 0 bridgehead atoms. The number of nitro benzene ring substituents is 2. The van der Waals surface area contributed by atoms with Crippen LogP contribution in [0, 0.1) is 20.2 Å². The van der Waals surface area contributed by atoms with Crippen molar-refractivity contribution in [3.63, 3.8) is 0 Å². The second-order valence-corrected chi connectivity index (χ2v) is 3.68. The molecule has 0 aliphatic rings. The normalized spacial score (nSPS) is 11.2. The molecule has 8 nitrogen and oxygen atoms in total. The number of hydrogen-bond acceptors (Lipinski definition) is 5. The molecular formula is C9H10F3N4O4+. The SMILES string of the molecule is [NH3+]CCNc1c([N+](=O)[O-])cc(C(F)(F)F)cc1[N+](=O)[O-]. The van der Waals surface area contributed by atoms with E-state index in [-0.39, 0.29) is 25.2 Å². The Morgan fingerprint density at radius 3 is 1.90 bits per heavy atom. The number of alkyl halides is 3. The molecule has 110 valence electrons. The van der Waals surface area contributed by atoms with Crippen LogP contribution in [0.2, 0.25) is 0 Å². The molecule has 0 unspecified atom stereocenters. The van der Waals surface area contributed by atoms with Crippen LogP contribution in [0.3, 0.4) is 0 Å². The van der Waals surface area contributed by atoms with Crippen LogP contribution in [0.5, 0.6) is 0 Å². The van der Waals surface area contributed by atoms with E-state index >= 15 is 0 Å². The standard InChI is InChI=1S/C9H9F3N4O4/c10-9(11,12)5-3-6(15(17)18)8(14-2-1-13)7(4-5)16(19)20/h3-4,14H,1-2,13H2/p+1. The molecule has 0 saturated carbocycles. The van der Waals surface area contributed by atoms with E-state index < -0.39 is 38.6 Å². The summed E-state index contributed by atoms with van der Waals surface area (Å²) >= 11 is 0. The topological polar surface area (TPSA) is 126 Å². The lowest BCUT2D eigenvalue weighted by atomic mass is 10.1. The van der Waals surface area contributed by atoms with Crippen molar-refractivity contribution in [2.75, 3.05) is 18.4 Å². The molecule has 1 aromatic carbocycles. The zero-order valence-corrected chi connectivity index (χ0v) is 9.94. The highest BCUT2D eigenvalue weighted by Gasteiger charge is 2.37. The Labute approximate surface area is 109 Å². The number of nitrogens with zero attached hydrogens (tertiary/aromatic N) is 2. The van der Waals surface area contributed by atoms with Crippen molar-refractivity contribution in [3.8, 4) is 0 Å². The van der Waals surface area contributed by atoms with Gasteiger partial charge in [0.2, 0.25) is 0 Å².